The maximum atomic E-state index is 13.1. The summed E-state index contributed by atoms with van der Waals surface area (Å²) in [5.74, 6) is 0.0815. The van der Waals surface area contributed by atoms with Gasteiger partial charge in [-0.3, -0.25) is 9.59 Å². The molecule has 7 nitrogen and oxygen atoms in total. The second kappa shape index (κ2) is 5.26. The predicted octanol–water partition coefficient (Wildman–Crippen LogP) is 3.06. The number of anilines is 2. The zero-order valence-electron chi connectivity index (χ0n) is 14.5. The maximum Gasteiger partial charge on any atom is 0.240 e. The average molecular weight is 387 g/mol. The third-order valence-corrected chi connectivity index (χ3v) is 6.41. The molecule has 2 aliphatic heterocycles. The Morgan fingerprint density at radius 1 is 1.00 bits per heavy atom. The molecule has 0 radical (unpaired) electrons. The Kier molecular flexibility index (Phi) is 2.92. The van der Waals surface area contributed by atoms with E-state index in [1.54, 1.807) is 10.9 Å². The van der Waals surface area contributed by atoms with Gasteiger partial charge >= 0.3 is 0 Å². The molecule has 1 spiro atoms. The minimum absolute atomic E-state index is 0.0500. The highest BCUT2D eigenvalue weighted by Crippen LogP contribution is 2.50. The molecule has 0 saturated carbocycles. The fourth-order valence-electron chi connectivity index (χ4n) is 4.15. The maximum absolute atomic E-state index is 13.1. The van der Waals surface area contributed by atoms with Crippen molar-refractivity contribution in [1.29, 1.82) is 0 Å². The number of benzene rings is 2. The molecule has 1 atom stereocenters. The SMILES string of the molecule is O=C1C[C@]2(C(=O)Nc3ccccc32)c2cnn(-c3nc4ccccc4s3)c2N1. The van der Waals surface area contributed by atoms with E-state index < -0.39 is 5.41 Å². The van der Waals surface area contributed by atoms with Crippen molar-refractivity contribution in [3.8, 4) is 5.13 Å². The van der Waals surface area contributed by atoms with E-state index in [-0.39, 0.29) is 18.2 Å². The smallest absolute Gasteiger partial charge is 0.240 e. The summed E-state index contributed by atoms with van der Waals surface area (Å²) in [5.41, 5.74) is 2.03. The number of hydrogen-bond donors (Lipinski definition) is 2. The Labute approximate surface area is 163 Å². The third kappa shape index (κ3) is 1.87. The Balaban J connectivity index is 1.60. The van der Waals surface area contributed by atoms with Gasteiger partial charge in [-0.1, -0.05) is 41.7 Å². The summed E-state index contributed by atoms with van der Waals surface area (Å²) < 4.78 is 2.65. The summed E-state index contributed by atoms with van der Waals surface area (Å²) in [6.07, 6.45) is 1.72. The van der Waals surface area contributed by atoms with Crippen molar-refractivity contribution < 1.29 is 9.59 Å². The Morgan fingerprint density at radius 3 is 2.71 bits per heavy atom. The molecule has 0 aliphatic carbocycles. The molecule has 2 aliphatic rings. The molecule has 0 bridgehead atoms. The number of nitrogens with one attached hydrogen (secondary N) is 2. The predicted molar refractivity (Wildman–Crippen MR) is 106 cm³/mol. The van der Waals surface area contributed by atoms with Gasteiger partial charge in [-0.15, -0.1) is 0 Å². The summed E-state index contributed by atoms with van der Waals surface area (Å²) in [6, 6.07) is 15.3. The number of carbonyl (C=O) groups is 2. The molecular weight excluding hydrogens is 374 g/mol. The zero-order valence-corrected chi connectivity index (χ0v) is 15.3. The van der Waals surface area contributed by atoms with Gasteiger partial charge in [-0.25, -0.2) is 4.98 Å². The summed E-state index contributed by atoms with van der Waals surface area (Å²) in [7, 11) is 0. The molecule has 4 aromatic rings. The van der Waals surface area contributed by atoms with Crippen LogP contribution in [0.1, 0.15) is 17.5 Å². The van der Waals surface area contributed by atoms with Crippen molar-refractivity contribution >= 4 is 44.9 Å². The van der Waals surface area contributed by atoms with Gasteiger partial charge in [0.15, 0.2) is 0 Å². The number of fused-ring (bicyclic) bond motifs is 5. The van der Waals surface area contributed by atoms with Gasteiger partial charge in [0.1, 0.15) is 11.2 Å². The minimum Gasteiger partial charge on any atom is -0.325 e. The van der Waals surface area contributed by atoms with Crippen molar-refractivity contribution in [1.82, 2.24) is 14.8 Å². The van der Waals surface area contributed by atoms with Crippen LogP contribution in [-0.2, 0) is 15.0 Å². The Morgan fingerprint density at radius 2 is 1.82 bits per heavy atom. The number of thiazole rings is 1. The molecule has 2 aromatic carbocycles. The van der Waals surface area contributed by atoms with Crippen LogP contribution in [0.2, 0.25) is 0 Å². The summed E-state index contributed by atoms with van der Waals surface area (Å²) in [5, 5.41) is 11.0. The molecule has 0 fully saturated rings. The molecule has 136 valence electrons. The Hall–Kier alpha value is -3.52. The molecule has 2 N–H and O–H groups in total. The van der Waals surface area contributed by atoms with Crippen molar-refractivity contribution in [2.24, 2.45) is 0 Å². The van der Waals surface area contributed by atoms with Gasteiger partial charge in [0.05, 0.1) is 16.4 Å². The lowest BCUT2D eigenvalue weighted by molar-refractivity contribution is -0.125. The first-order valence-corrected chi connectivity index (χ1v) is 9.64. The van der Waals surface area contributed by atoms with Crippen molar-refractivity contribution in [3.63, 3.8) is 0 Å². The highest BCUT2D eigenvalue weighted by Gasteiger charge is 2.54. The van der Waals surface area contributed by atoms with Crippen molar-refractivity contribution in [2.45, 2.75) is 11.8 Å². The average Bonchev–Trinajstić information content (AvgIpc) is 3.37. The van der Waals surface area contributed by atoms with Crippen LogP contribution in [0.15, 0.2) is 54.7 Å². The topological polar surface area (TPSA) is 88.9 Å². The third-order valence-electron chi connectivity index (χ3n) is 5.40. The molecule has 6 rings (SSSR count). The van der Waals surface area contributed by atoms with E-state index in [1.165, 1.54) is 11.3 Å². The van der Waals surface area contributed by atoms with Crippen LogP contribution in [0.5, 0.6) is 0 Å². The van der Waals surface area contributed by atoms with Crippen molar-refractivity contribution in [3.05, 3.63) is 65.9 Å². The number of aromatic nitrogens is 3. The van der Waals surface area contributed by atoms with Gasteiger partial charge in [-0.05, 0) is 23.8 Å². The number of para-hydroxylation sites is 2. The van der Waals surface area contributed by atoms with Crippen LogP contribution in [-0.4, -0.2) is 26.6 Å². The highest BCUT2D eigenvalue weighted by atomic mass is 32.1. The first-order chi connectivity index (χ1) is 13.7. The van der Waals surface area contributed by atoms with E-state index in [4.69, 9.17) is 0 Å². The first kappa shape index (κ1) is 15.5. The van der Waals surface area contributed by atoms with E-state index in [0.717, 1.165) is 21.5 Å². The molecule has 0 unspecified atom stereocenters. The summed E-state index contributed by atoms with van der Waals surface area (Å²) in [4.78, 5) is 30.3. The van der Waals surface area contributed by atoms with Crippen molar-refractivity contribution in [2.75, 3.05) is 10.6 Å². The number of amides is 2. The number of carbonyl (C=O) groups excluding carboxylic acids is 2. The van der Waals surface area contributed by atoms with Crippen LogP contribution in [0, 0.1) is 0 Å². The number of rotatable bonds is 1. The molecular formula is C20H13N5O2S. The monoisotopic (exact) mass is 387 g/mol. The fraction of sp³-hybridized carbons (Fsp3) is 0.100. The molecule has 0 saturated heterocycles. The van der Waals surface area contributed by atoms with Crippen LogP contribution in [0.3, 0.4) is 0 Å². The number of nitrogens with zero attached hydrogens (tertiary/aromatic N) is 3. The summed E-state index contributed by atoms with van der Waals surface area (Å²) >= 11 is 1.48. The van der Waals surface area contributed by atoms with Gasteiger partial charge in [0.25, 0.3) is 0 Å². The van der Waals surface area contributed by atoms with Gasteiger partial charge in [0.2, 0.25) is 16.9 Å². The Bertz CT molecular complexity index is 1270. The molecule has 4 heterocycles. The van der Waals surface area contributed by atoms with Crippen LogP contribution >= 0.6 is 11.3 Å². The lowest BCUT2D eigenvalue weighted by Crippen LogP contribution is -2.43. The fourth-order valence-corrected chi connectivity index (χ4v) is 5.08. The summed E-state index contributed by atoms with van der Waals surface area (Å²) in [6.45, 7) is 0. The molecule has 2 aromatic heterocycles. The lowest BCUT2D eigenvalue weighted by Gasteiger charge is -2.31. The van der Waals surface area contributed by atoms with Gasteiger partial charge in [0, 0.05) is 17.7 Å². The van der Waals surface area contributed by atoms with Crippen LogP contribution in [0.25, 0.3) is 15.3 Å². The quantitative estimate of drug-likeness (QED) is 0.525. The van der Waals surface area contributed by atoms with Crippen LogP contribution in [0.4, 0.5) is 11.5 Å². The van der Waals surface area contributed by atoms with E-state index in [2.05, 4.69) is 20.7 Å². The normalized spacial score (nSPS) is 20.1. The highest BCUT2D eigenvalue weighted by molar-refractivity contribution is 7.20. The van der Waals surface area contributed by atoms with E-state index in [9.17, 15) is 9.59 Å². The van der Waals surface area contributed by atoms with Gasteiger partial charge in [-0.2, -0.15) is 9.78 Å². The number of hydrogen-bond acceptors (Lipinski definition) is 5. The van der Waals surface area contributed by atoms with Crippen LogP contribution < -0.4 is 10.6 Å². The van der Waals surface area contributed by atoms with Gasteiger partial charge < -0.3 is 10.6 Å². The largest absolute Gasteiger partial charge is 0.325 e. The molecule has 8 heteroatoms. The second-order valence-corrected chi connectivity index (χ2v) is 7.92. The zero-order chi connectivity index (χ0) is 18.9. The first-order valence-electron chi connectivity index (χ1n) is 8.82. The lowest BCUT2D eigenvalue weighted by atomic mass is 9.72. The van der Waals surface area contributed by atoms with E-state index in [0.29, 0.717) is 16.5 Å². The molecule has 28 heavy (non-hydrogen) atoms. The minimum atomic E-state index is -1.07. The second-order valence-electron chi connectivity index (χ2n) is 6.91. The molecule has 2 amide bonds. The standard InChI is InChI=1S/C20H13N5O2S/c26-16-9-20(11-5-1-2-6-13(11)22-18(20)27)12-10-21-25(17(12)24-16)19-23-14-7-3-4-8-15(14)28-19/h1-8,10H,9H2,(H,22,27)(H,24,26)/t20-/m1/s1. The van der Waals surface area contributed by atoms with E-state index >= 15 is 0 Å². The van der Waals surface area contributed by atoms with E-state index in [1.807, 2.05) is 48.5 Å².